The summed E-state index contributed by atoms with van der Waals surface area (Å²) in [6, 6.07) is 8.14. The minimum absolute atomic E-state index is 0.0140. The maximum absolute atomic E-state index is 13.4. The van der Waals surface area contributed by atoms with E-state index in [4.69, 9.17) is 10.3 Å². The minimum atomic E-state index is -0.518. The number of hydrogen-bond donors (Lipinski definition) is 1. The molecule has 0 bridgehead atoms. The van der Waals surface area contributed by atoms with Crippen LogP contribution in [-0.2, 0) is 0 Å². The van der Waals surface area contributed by atoms with Gasteiger partial charge in [-0.05, 0) is 36.8 Å². The third-order valence-electron chi connectivity index (χ3n) is 2.85. The Morgan fingerprint density at radius 2 is 2.10 bits per heavy atom. The van der Waals surface area contributed by atoms with E-state index in [0.29, 0.717) is 17.1 Å². The van der Waals surface area contributed by atoms with E-state index in [-0.39, 0.29) is 11.6 Å². The molecule has 6 heteroatoms. The lowest BCUT2D eigenvalue weighted by molar-refractivity contribution is 0.432. The van der Waals surface area contributed by atoms with E-state index in [1.165, 1.54) is 12.1 Å². The molecule has 100 valence electrons. The zero-order valence-electron chi connectivity index (χ0n) is 10.7. The molecule has 0 aliphatic heterocycles. The monoisotopic (exact) mass is 270 g/mol. The van der Waals surface area contributed by atoms with E-state index in [1.807, 2.05) is 19.1 Å². The molecule has 2 N–H and O–H groups in total. The van der Waals surface area contributed by atoms with Gasteiger partial charge in [0.15, 0.2) is 0 Å². The number of aromatic nitrogens is 3. The van der Waals surface area contributed by atoms with Gasteiger partial charge in [-0.3, -0.25) is 4.98 Å². The molecular weight excluding hydrogens is 259 g/mol. The van der Waals surface area contributed by atoms with Crippen LogP contribution >= 0.6 is 0 Å². The number of aryl methyl sites for hydroxylation is 1. The molecular formula is C14H11FN4O. The Bertz CT molecular complexity index is 769. The highest BCUT2D eigenvalue weighted by molar-refractivity contribution is 5.71. The highest BCUT2D eigenvalue weighted by Gasteiger charge is 2.15. The van der Waals surface area contributed by atoms with Gasteiger partial charge in [0.05, 0.1) is 11.3 Å². The number of anilines is 1. The Morgan fingerprint density at radius 3 is 2.90 bits per heavy atom. The van der Waals surface area contributed by atoms with Gasteiger partial charge in [0, 0.05) is 6.20 Å². The van der Waals surface area contributed by atoms with Crippen molar-refractivity contribution in [1.82, 2.24) is 15.1 Å². The van der Waals surface area contributed by atoms with Crippen LogP contribution in [0.4, 0.5) is 10.1 Å². The summed E-state index contributed by atoms with van der Waals surface area (Å²) in [4.78, 5) is 8.37. The maximum Gasteiger partial charge on any atom is 0.260 e. The number of pyridine rings is 1. The van der Waals surface area contributed by atoms with E-state index in [2.05, 4.69) is 15.1 Å². The van der Waals surface area contributed by atoms with Crippen LogP contribution in [0.3, 0.4) is 0 Å². The van der Waals surface area contributed by atoms with Crippen LogP contribution in [-0.4, -0.2) is 15.1 Å². The fourth-order valence-electron chi connectivity index (χ4n) is 1.82. The van der Waals surface area contributed by atoms with Crippen LogP contribution in [0.2, 0.25) is 0 Å². The summed E-state index contributed by atoms with van der Waals surface area (Å²) in [6.45, 7) is 1.94. The van der Waals surface area contributed by atoms with Crippen molar-refractivity contribution in [2.24, 2.45) is 0 Å². The van der Waals surface area contributed by atoms with Crippen LogP contribution in [0.25, 0.3) is 23.0 Å². The van der Waals surface area contributed by atoms with E-state index in [1.54, 1.807) is 12.3 Å². The first-order chi connectivity index (χ1) is 9.65. The van der Waals surface area contributed by atoms with Gasteiger partial charge in [-0.15, -0.1) is 0 Å². The second kappa shape index (κ2) is 4.73. The molecule has 0 unspecified atom stereocenters. The summed E-state index contributed by atoms with van der Waals surface area (Å²) in [5, 5.41) is 3.85. The molecule has 0 aliphatic rings. The van der Waals surface area contributed by atoms with Crippen molar-refractivity contribution in [3.05, 3.63) is 47.9 Å². The van der Waals surface area contributed by atoms with Gasteiger partial charge in [0.25, 0.3) is 5.89 Å². The van der Waals surface area contributed by atoms with Crippen LogP contribution in [0.1, 0.15) is 5.56 Å². The molecule has 3 rings (SSSR count). The van der Waals surface area contributed by atoms with Gasteiger partial charge in [0.1, 0.15) is 11.5 Å². The van der Waals surface area contributed by atoms with Crippen LogP contribution in [0.15, 0.2) is 41.1 Å². The Hall–Kier alpha value is -2.76. The number of para-hydroxylation sites is 1. The van der Waals surface area contributed by atoms with E-state index >= 15 is 0 Å². The smallest absolute Gasteiger partial charge is 0.260 e. The average Bonchev–Trinajstić information content (AvgIpc) is 2.91. The molecule has 0 amide bonds. The average molecular weight is 270 g/mol. The molecule has 0 aliphatic carbocycles. The second-order valence-corrected chi connectivity index (χ2v) is 4.34. The van der Waals surface area contributed by atoms with Crippen molar-refractivity contribution in [2.75, 3.05) is 5.73 Å². The number of nitrogens with zero attached hydrogens (tertiary/aromatic N) is 3. The number of halogens is 1. The number of nitrogens with two attached hydrogens (primary N) is 1. The number of hydrogen-bond acceptors (Lipinski definition) is 5. The van der Waals surface area contributed by atoms with Gasteiger partial charge < -0.3 is 10.3 Å². The number of benzene rings is 1. The van der Waals surface area contributed by atoms with Crippen molar-refractivity contribution in [2.45, 2.75) is 6.92 Å². The lowest BCUT2D eigenvalue weighted by atomic mass is 10.1. The summed E-state index contributed by atoms with van der Waals surface area (Å²) in [6.07, 6.45) is 1.66. The van der Waals surface area contributed by atoms with Crippen molar-refractivity contribution in [3.63, 3.8) is 0 Å². The Morgan fingerprint density at radius 1 is 1.25 bits per heavy atom. The van der Waals surface area contributed by atoms with E-state index in [0.717, 1.165) is 5.56 Å². The second-order valence-electron chi connectivity index (χ2n) is 4.34. The molecule has 0 spiro atoms. The normalized spacial score (nSPS) is 10.7. The predicted octanol–water partition coefficient (Wildman–Crippen LogP) is 2.83. The van der Waals surface area contributed by atoms with Gasteiger partial charge >= 0.3 is 0 Å². The first-order valence-electron chi connectivity index (χ1n) is 5.96. The third kappa shape index (κ3) is 2.11. The summed E-state index contributed by atoms with van der Waals surface area (Å²) < 4.78 is 18.6. The molecule has 3 aromatic rings. The Kier molecular flexibility index (Phi) is 2.90. The predicted molar refractivity (Wildman–Crippen MR) is 72.1 cm³/mol. The van der Waals surface area contributed by atoms with Crippen LogP contribution in [0, 0.1) is 12.7 Å². The molecule has 20 heavy (non-hydrogen) atoms. The summed E-state index contributed by atoms with van der Waals surface area (Å²) >= 11 is 0. The van der Waals surface area contributed by atoms with Crippen LogP contribution < -0.4 is 5.73 Å². The Balaban J connectivity index is 2.04. The molecule has 5 nitrogen and oxygen atoms in total. The zero-order valence-corrected chi connectivity index (χ0v) is 10.7. The summed E-state index contributed by atoms with van der Waals surface area (Å²) in [5.74, 6) is -0.0106. The SMILES string of the molecule is Cc1ccnc(-c2noc(-c3cccc(F)c3N)n2)c1. The number of rotatable bonds is 2. The van der Waals surface area contributed by atoms with Crippen molar-refractivity contribution in [1.29, 1.82) is 0 Å². The molecule has 2 heterocycles. The topological polar surface area (TPSA) is 77.8 Å². The van der Waals surface area contributed by atoms with Crippen molar-refractivity contribution in [3.8, 4) is 23.0 Å². The minimum Gasteiger partial charge on any atom is -0.396 e. The number of nitrogen functional groups attached to an aromatic ring is 1. The summed E-state index contributed by atoms with van der Waals surface area (Å²) in [7, 11) is 0. The highest BCUT2D eigenvalue weighted by atomic mass is 19.1. The molecule has 1 aromatic carbocycles. The Labute approximate surface area is 114 Å². The zero-order chi connectivity index (χ0) is 14.1. The summed E-state index contributed by atoms with van der Waals surface area (Å²) in [5.41, 5.74) is 7.65. The van der Waals surface area contributed by atoms with Gasteiger partial charge in [-0.2, -0.15) is 4.98 Å². The molecule has 0 fully saturated rings. The fraction of sp³-hybridized carbons (Fsp3) is 0.0714. The largest absolute Gasteiger partial charge is 0.396 e. The molecule has 2 aromatic heterocycles. The molecule has 0 atom stereocenters. The molecule has 0 saturated carbocycles. The molecule has 0 radical (unpaired) electrons. The molecule has 0 saturated heterocycles. The van der Waals surface area contributed by atoms with Crippen molar-refractivity contribution < 1.29 is 8.91 Å². The van der Waals surface area contributed by atoms with Crippen LogP contribution in [0.5, 0.6) is 0 Å². The lowest BCUT2D eigenvalue weighted by Gasteiger charge is -2.00. The third-order valence-corrected chi connectivity index (χ3v) is 2.85. The van der Waals surface area contributed by atoms with E-state index in [9.17, 15) is 4.39 Å². The van der Waals surface area contributed by atoms with Gasteiger partial charge in [-0.25, -0.2) is 4.39 Å². The maximum atomic E-state index is 13.4. The quantitative estimate of drug-likeness (QED) is 0.724. The lowest BCUT2D eigenvalue weighted by Crippen LogP contribution is -1.94. The first kappa shape index (κ1) is 12.3. The van der Waals surface area contributed by atoms with E-state index < -0.39 is 5.82 Å². The fourth-order valence-corrected chi connectivity index (χ4v) is 1.82. The highest BCUT2D eigenvalue weighted by Crippen LogP contribution is 2.27. The van der Waals surface area contributed by atoms with Gasteiger partial charge in [-0.1, -0.05) is 11.2 Å². The van der Waals surface area contributed by atoms with Crippen molar-refractivity contribution >= 4 is 5.69 Å². The standard InChI is InChI=1S/C14H11FN4O/c1-8-5-6-17-11(7-8)13-18-14(20-19-13)9-3-2-4-10(15)12(9)16/h2-7H,16H2,1H3. The first-order valence-corrected chi connectivity index (χ1v) is 5.96. The van der Waals surface area contributed by atoms with Gasteiger partial charge in [0.2, 0.25) is 5.82 Å².